The van der Waals surface area contributed by atoms with E-state index in [1.54, 1.807) is 71.2 Å². The quantitative estimate of drug-likeness (QED) is 0.0270. The van der Waals surface area contributed by atoms with Gasteiger partial charge in [-0.25, -0.2) is 4.79 Å². The predicted molar refractivity (Wildman–Crippen MR) is 327 cm³/mol. The van der Waals surface area contributed by atoms with Gasteiger partial charge in [0.15, 0.2) is 6.10 Å². The molecule has 518 valence electrons. The number of aliphatic hydroxyl groups excluding tert-OH is 3. The van der Waals surface area contributed by atoms with Gasteiger partial charge < -0.3 is 103 Å². The van der Waals surface area contributed by atoms with E-state index in [9.17, 15) is 54.0 Å². The van der Waals surface area contributed by atoms with Crippen LogP contribution < -0.4 is 20.7 Å². The Hall–Kier alpha value is -6.13. The van der Waals surface area contributed by atoms with Crippen molar-refractivity contribution in [1.82, 2.24) is 15.5 Å². The van der Waals surface area contributed by atoms with Crippen molar-refractivity contribution in [2.24, 2.45) is 11.8 Å². The molecule has 1 fully saturated rings. The van der Waals surface area contributed by atoms with Crippen LogP contribution in [0.5, 0.6) is 5.75 Å². The third-order valence-electron chi connectivity index (χ3n) is 14.1. The molecule has 1 saturated heterocycles. The number of imide groups is 1. The molecule has 2 aromatic rings. The van der Waals surface area contributed by atoms with Crippen molar-refractivity contribution in [3.8, 4) is 5.75 Å². The van der Waals surface area contributed by atoms with Gasteiger partial charge in [0.2, 0.25) is 17.7 Å². The fraction of sp³-hybridized carbons (Fsp3) is 0.667. The maximum Gasteiger partial charge on any atom is 0.335 e. The van der Waals surface area contributed by atoms with Gasteiger partial charge in [-0.3, -0.25) is 33.7 Å². The minimum Gasteiger partial charge on any atom is -0.491 e. The summed E-state index contributed by atoms with van der Waals surface area (Å²) in [6.07, 6.45) is -6.34. The van der Waals surface area contributed by atoms with E-state index in [0.717, 1.165) is 17.1 Å². The van der Waals surface area contributed by atoms with E-state index in [1.807, 2.05) is 0 Å². The van der Waals surface area contributed by atoms with Crippen LogP contribution in [0.1, 0.15) is 57.7 Å². The van der Waals surface area contributed by atoms with Crippen molar-refractivity contribution in [1.29, 1.82) is 0 Å². The molecule has 29 heteroatoms. The summed E-state index contributed by atoms with van der Waals surface area (Å²) in [6, 6.07) is 7.60. The number of hydrogen-bond donors (Lipinski definition) is 7. The Labute approximate surface area is 537 Å². The topological polar surface area (TPSA) is 369 Å². The van der Waals surface area contributed by atoms with Crippen LogP contribution in [0.25, 0.3) is 0 Å². The van der Waals surface area contributed by atoms with Gasteiger partial charge >= 0.3 is 11.9 Å². The van der Waals surface area contributed by atoms with E-state index in [4.69, 9.17) is 66.3 Å². The molecule has 92 heavy (non-hydrogen) atoms. The van der Waals surface area contributed by atoms with E-state index in [1.165, 1.54) is 13.0 Å². The Morgan fingerprint density at radius 2 is 1.02 bits per heavy atom. The van der Waals surface area contributed by atoms with E-state index >= 15 is 0 Å². The van der Waals surface area contributed by atoms with Gasteiger partial charge in [-0.2, -0.15) is 0 Å². The number of amides is 5. The SMILES string of the molecule is COCCOCCOCCOCCOCCOCCOCCOCCOCCOCCOCCOc1ccc(C[C@@H](C(=O)N[C@H](C(=O)N[C@@H](C)C(=O)Nc2ccc(COC(=O)C(C)C)c(CC[C@@H]3O[C@H](C(=O)O)[C@@H](O)[C@H](O)[C@H]3O)c2)C(C)C)N2C(=O)C=CC2=O)cc1. The molecular weight excluding hydrogens is 1210 g/mol. The van der Waals surface area contributed by atoms with Gasteiger partial charge in [-0.05, 0) is 66.6 Å². The molecule has 0 saturated carbocycles. The highest BCUT2D eigenvalue weighted by molar-refractivity contribution is 6.15. The molecule has 2 aliphatic rings. The van der Waals surface area contributed by atoms with Crippen LogP contribution in [0.3, 0.4) is 0 Å². The predicted octanol–water partition coefficient (Wildman–Crippen LogP) is 0.565. The Morgan fingerprint density at radius 1 is 0.554 bits per heavy atom. The first-order valence-corrected chi connectivity index (χ1v) is 31.0. The number of anilines is 1. The number of ether oxygens (including phenoxy) is 14. The Kier molecular flexibility index (Phi) is 38.5. The monoisotopic (exact) mass is 1310 g/mol. The first kappa shape index (κ1) is 78.3. The van der Waals surface area contributed by atoms with Crippen LogP contribution in [0, 0.1) is 11.8 Å². The van der Waals surface area contributed by atoms with Gasteiger partial charge in [-0.15, -0.1) is 0 Å². The molecule has 29 nitrogen and oxygen atoms in total. The standard InChI is InChI=1S/C63H96N4O25/c1-42(2)54(61(75)64-44(5)59(73)65-48-11-9-47(41-91-63(78)43(3)4)46(40-48)10-14-51-55(70)56(71)57(72)58(92-51)62(76)77)66-60(74)50(67-52(68)15-16-53(67)69)39-45-7-12-49(13-8-45)90-38-37-89-36-35-88-34-33-87-32-31-86-30-29-85-28-27-84-26-25-83-24-23-82-22-21-81-20-19-80-18-17-79-6/h7-9,11-13,15-16,40,42-44,50-51,54-58,70-72H,10,14,17-39,41H2,1-6H3,(H,64,75)(H,65,73)(H,66,74)(H,76,77)/t44-,50-,51-,54-,55-,56+,57-,58-/m0/s1. The average molecular weight is 1310 g/mol. The molecule has 8 atom stereocenters. The third-order valence-corrected chi connectivity index (χ3v) is 14.1. The van der Waals surface area contributed by atoms with Crippen LogP contribution >= 0.6 is 0 Å². The first-order valence-electron chi connectivity index (χ1n) is 31.0. The van der Waals surface area contributed by atoms with Crippen LogP contribution in [0.4, 0.5) is 5.69 Å². The number of benzene rings is 2. The van der Waals surface area contributed by atoms with E-state index < -0.39 is 102 Å². The largest absolute Gasteiger partial charge is 0.491 e. The second-order valence-electron chi connectivity index (χ2n) is 21.8. The van der Waals surface area contributed by atoms with Crippen molar-refractivity contribution >= 4 is 47.2 Å². The zero-order valence-electron chi connectivity index (χ0n) is 53.7. The fourth-order valence-corrected chi connectivity index (χ4v) is 8.89. The molecule has 4 rings (SSSR count). The highest BCUT2D eigenvalue weighted by Crippen LogP contribution is 2.27. The number of carbonyl (C=O) groups excluding carboxylic acids is 6. The van der Waals surface area contributed by atoms with Crippen molar-refractivity contribution < 1.29 is 120 Å². The molecule has 2 aromatic carbocycles. The number of rotatable bonds is 51. The fourth-order valence-electron chi connectivity index (χ4n) is 8.89. The van der Waals surface area contributed by atoms with Crippen LogP contribution in [-0.2, 0) is 115 Å². The molecule has 0 spiro atoms. The molecule has 0 radical (unpaired) electrons. The normalized spacial score (nSPS) is 18.3. The number of aliphatic carboxylic acids is 1. The smallest absolute Gasteiger partial charge is 0.335 e. The lowest BCUT2D eigenvalue weighted by Crippen LogP contribution is -2.59. The zero-order chi connectivity index (χ0) is 67.0. The maximum atomic E-state index is 14.1. The van der Waals surface area contributed by atoms with E-state index in [2.05, 4.69) is 16.0 Å². The Morgan fingerprint density at radius 3 is 1.47 bits per heavy atom. The number of nitrogens with zero attached hydrogens (tertiary/aromatic N) is 1. The van der Waals surface area contributed by atoms with Crippen molar-refractivity contribution in [3.05, 3.63) is 71.3 Å². The molecule has 2 aliphatic heterocycles. The number of esters is 1. The van der Waals surface area contributed by atoms with Crippen molar-refractivity contribution in [2.45, 2.75) is 109 Å². The molecule has 0 aromatic heterocycles. The summed E-state index contributed by atoms with van der Waals surface area (Å²) in [4.78, 5) is 92.5. The maximum absolute atomic E-state index is 14.1. The summed E-state index contributed by atoms with van der Waals surface area (Å²) in [6.45, 7) is 17.5. The number of hydrogen-bond acceptors (Lipinski definition) is 24. The van der Waals surface area contributed by atoms with Crippen LogP contribution in [0.2, 0.25) is 0 Å². The van der Waals surface area contributed by atoms with Crippen molar-refractivity contribution in [2.75, 3.05) is 158 Å². The lowest BCUT2D eigenvalue weighted by Gasteiger charge is -2.39. The molecule has 0 bridgehead atoms. The Bertz CT molecular complexity index is 2500. The lowest BCUT2D eigenvalue weighted by molar-refractivity contribution is -0.228. The van der Waals surface area contributed by atoms with Gasteiger partial charge in [0.05, 0.1) is 151 Å². The Balaban J connectivity index is 1.10. The minimum absolute atomic E-state index is 0.0559. The summed E-state index contributed by atoms with van der Waals surface area (Å²) in [5.41, 5.74) is 1.82. The number of aliphatic hydroxyl groups is 3. The summed E-state index contributed by atoms with van der Waals surface area (Å²) in [5.74, 6) is -6.13. The second-order valence-corrected chi connectivity index (χ2v) is 21.8. The number of carboxylic acid groups (broad SMARTS) is 1. The van der Waals surface area contributed by atoms with Crippen LogP contribution in [0.15, 0.2) is 54.6 Å². The third kappa shape index (κ3) is 29.9. The van der Waals surface area contributed by atoms with E-state index in [-0.39, 0.29) is 44.8 Å². The highest BCUT2D eigenvalue weighted by atomic mass is 16.6. The molecule has 0 aliphatic carbocycles. The molecular formula is C63H96N4O25. The number of carbonyl (C=O) groups is 7. The molecule has 7 N–H and O–H groups in total. The van der Waals surface area contributed by atoms with Crippen molar-refractivity contribution in [3.63, 3.8) is 0 Å². The summed E-state index contributed by atoms with van der Waals surface area (Å²) < 4.78 is 76.6. The number of methoxy groups -OCH3 is 1. The summed E-state index contributed by atoms with van der Waals surface area (Å²) in [5, 5.41) is 48.7. The van der Waals surface area contributed by atoms with Crippen LogP contribution in [-0.4, -0.2) is 268 Å². The molecule has 2 heterocycles. The highest BCUT2D eigenvalue weighted by Gasteiger charge is 2.46. The lowest BCUT2D eigenvalue weighted by atomic mass is 9.91. The second kappa shape index (κ2) is 45.2. The number of nitrogens with one attached hydrogen (secondary N) is 3. The number of carboxylic acids is 1. The molecule has 0 unspecified atom stereocenters. The molecule has 5 amide bonds. The van der Waals surface area contributed by atoms with Gasteiger partial charge in [0.25, 0.3) is 11.8 Å². The average Bonchev–Trinajstić information content (AvgIpc) is 1.42. The zero-order valence-corrected chi connectivity index (χ0v) is 53.7. The van der Waals surface area contributed by atoms with Gasteiger partial charge in [-0.1, -0.05) is 45.9 Å². The van der Waals surface area contributed by atoms with Gasteiger partial charge in [0.1, 0.15) is 55.4 Å². The summed E-state index contributed by atoms with van der Waals surface area (Å²) >= 11 is 0. The minimum atomic E-state index is -1.88. The van der Waals surface area contributed by atoms with E-state index in [0.29, 0.717) is 155 Å². The summed E-state index contributed by atoms with van der Waals surface area (Å²) in [7, 11) is 1.63. The number of aryl methyl sites for hydroxylation is 1. The van der Waals surface area contributed by atoms with Gasteiger partial charge in [0, 0.05) is 31.4 Å². The first-order chi connectivity index (χ1) is 44.3.